The van der Waals surface area contributed by atoms with Crippen LogP contribution in [0.25, 0.3) is 0 Å². The fourth-order valence-corrected chi connectivity index (χ4v) is 2.87. The van der Waals surface area contributed by atoms with Gasteiger partial charge in [0.1, 0.15) is 0 Å². The zero-order valence-corrected chi connectivity index (χ0v) is 11.6. The van der Waals surface area contributed by atoms with E-state index < -0.39 is 0 Å². The van der Waals surface area contributed by atoms with Gasteiger partial charge in [-0.25, -0.2) is 0 Å². The monoisotopic (exact) mass is 242 g/mol. The van der Waals surface area contributed by atoms with Crippen molar-refractivity contribution in [1.29, 1.82) is 5.26 Å². The van der Waals surface area contributed by atoms with Gasteiger partial charge in [-0.15, -0.1) is 0 Å². The molecule has 18 heavy (non-hydrogen) atoms. The molecule has 0 amide bonds. The molecule has 1 fully saturated rings. The van der Waals surface area contributed by atoms with Crippen LogP contribution in [0.4, 0.5) is 5.69 Å². The van der Waals surface area contributed by atoms with E-state index in [0.717, 1.165) is 19.5 Å². The van der Waals surface area contributed by atoms with Gasteiger partial charge in [0.2, 0.25) is 0 Å². The molecule has 1 aliphatic rings. The molecular weight excluding hydrogens is 220 g/mol. The number of benzene rings is 1. The maximum Gasteiger partial charge on any atom is 0.0624 e. The van der Waals surface area contributed by atoms with Crippen LogP contribution in [0.2, 0.25) is 0 Å². The van der Waals surface area contributed by atoms with Crippen molar-refractivity contribution >= 4 is 5.69 Å². The highest BCUT2D eigenvalue weighted by atomic mass is 15.1. The van der Waals surface area contributed by atoms with E-state index in [1.807, 2.05) is 0 Å². The standard InChI is InChI=1S/C16H22N2/c1-13-4-6-15(7-5-13)18-11-9-14(8-10-17)16(2,3)12-18/h4-7,14H,8-9,11-12H2,1-3H3. The summed E-state index contributed by atoms with van der Waals surface area (Å²) in [7, 11) is 0. The number of aryl methyl sites for hydroxylation is 1. The van der Waals surface area contributed by atoms with Crippen molar-refractivity contribution in [2.45, 2.75) is 33.6 Å². The van der Waals surface area contributed by atoms with Crippen molar-refractivity contribution in [2.24, 2.45) is 11.3 Å². The van der Waals surface area contributed by atoms with E-state index >= 15 is 0 Å². The second-order valence-electron chi connectivity index (χ2n) is 6.09. The Bertz CT molecular complexity index is 439. The number of nitriles is 1. The first-order valence-corrected chi connectivity index (χ1v) is 6.71. The van der Waals surface area contributed by atoms with E-state index in [2.05, 4.69) is 56.0 Å². The zero-order chi connectivity index (χ0) is 13.2. The Labute approximate surface area is 110 Å². The van der Waals surface area contributed by atoms with Crippen LogP contribution < -0.4 is 4.90 Å². The van der Waals surface area contributed by atoms with Gasteiger partial charge >= 0.3 is 0 Å². The van der Waals surface area contributed by atoms with Crippen LogP contribution in [-0.2, 0) is 0 Å². The summed E-state index contributed by atoms with van der Waals surface area (Å²) in [6.45, 7) is 8.80. The Morgan fingerprint density at radius 2 is 2.00 bits per heavy atom. The van der Waals surface area contributed by atoms with Crippen LogP contribution in [0, 0.1) is 29.6 Å². The summed E-state index contributed by atoms with van der Waals surface area (Å²) in [4.78, 5) is 2.45. The van der Waals surface area contributed by atoms with Crippen molar-refractivity contribution < 1.29 is 0 Å². The lowest BCUT2D eigenvalue weighted by Crippen LogP contribution is -2.45. The summed E-state index contributed by atoms with van der Waals surface area (Å²) in [6, 6.07) is 11.1. The molecule has 0 aliphatic carbocycles. The maximum absolute atomic E-state index is 8.90. The molecule has 1 unspecified atom stereocenters. The van der Waals surface area contributed by atoms with E-state index in [1.165, 1.54) is 11.3 Å². The first-order chi connectivity index (χ1) is 8.53. The molecule has 2 nitrogen and oxygen atoms in total. The summed E-state index contributed by atoms with van der Waals surface area (Å²) in [5.41, 5.74) is 2.83. The highest BCUT2D eigenvalue weighted by Gasteiger charge is 2.35. The molecule has 1 aromatic carbocycles. The number of piperidine rings is 1. The molecule has 2 rings (SSSR count). The second kappa shape index (κ2) is 5.02. The molecule has 1 aliphatic heterocycles. The van der Waals surface area contributed by atoms with Gasteiger partial charge in [0, 0.05) is 25.2 Å². The predicted octanol–water partition coefficient (Wildman–Crippen LogP) is 3.76. The van der Waals surface area contributed by atoms with Crippen LogP contribution in [0.15, 0.2) is 24.3 Å². The predicted molar refractivity (Wildman–Crippen MR) is 75.5 cm³/mol. The first-order valence-electron chi connectivity index (χ1n) is 6.71. The molecule has 1 saturated heterocycles. The third-order valence-corrected chi connectivity index (χ3v) is 4.19. The van der Waals surface area contributed by atoms with Crippen LogP contribution in [0.3, 0.4) is 0 Å². The Hall–Kier alpha value is -1.49. The fraction of sp³-hybridized carbons (Fsp3) is 0.562. The summed E-state index contributed by atoms with van der Waals surface area (Å²) < 4.78 is 0. The fourth-order valence-electron chi connectivity index (χ4n) is 2.87. The van der Waals surface area contributed by atoms with Crippen LogP contribution in [-0.4, -0.2) is 13.1 Å². The molecule has 1 heterocycles. The van der Waals surface area contributed by atoms with E-state index in [0.29, 0.717) is 12.3 Å². The van der Waals surface area contributed by atoms with Gasteiger partial charge < -0.3 is 4.90 Å². The molecule has 0 spiro atoms. The molecule has 0 N–H and O–H groups in total. The average Bonchev–Trinajstić information content (AvgIpc) is 2.32. The molecule has 0 aromatic heterocycles. The quantitative estimate of drug-likeness (QED) is 0.789. The summed E-state index contributed by atoms with van der Waals surface area (Å²) in [5.74, 6) is 0.532. The zero-order valence-electron chi connectivity index (χ0n) is 11.6. The molecule has 1 aromatic rings. The lowest BCUT2D eigenvalue weighted by Gasteiger charge is -2.44. The minimum absolute atomic E-state index is 0.221. The maximum atomic E-state index is 8.90. The Balaban J connectivity index is 2.11. The number of rotatable bonds is 2. The molecular formula is C16H22N2. The summed E-state index contributed by atoms with van der Waals surface area (Å²) in [6.07, 6.45) is 1.81. The van der Waals surface area contributed by atoms with Crippen LogP contribution in [0.1, 0.15) is 32.3 Å². The highest BCUT2D eigenvalue weighted by molar-refractivity contribution is 5.48. The molecule has 1 atom stereocenters. The van der Waals surface area contributed by atoms with Crippen molar-refractivity contribution in [3.63, 3.8) is 0 Å². The average molecular weight is 242 g/mol. The highest BCUT2D eigenvalue weighted by Crippen LogP contribution is 2.38. The number of anilines is 1. The molecule has 96 valence electrons. The lowest BCUT2D eigenvalue weighted by atomic mass is 9.72. The third kappa shape index (κ3) is 2.67. The minimum atomic E-state index is 0.221. The van der Waals surface area contributed by atoms with E-state index in [1.54, 1.807) is 0 Å². The first kappa shape index (κ1) is 13.0. The van der Waals surface area contributed by atoms with E-state index in [-0.39, 0.29) is 5.41 Å². The lowest BCUT2D eigenvalue weighted by molar-refractivity contribution is 0.179. The number of hydrogen-bond acceptors (Lipinski definition) is 2. The van der Waals surface area contributed by atoms with Crippen molar-refractivity contribution in [1.82, 2.24) is 0 Å². The minimum Gasteiger partial charge on any atom is -0.371 e. The Morgan fingerprint density at radius 1 is 1.33 bits per heavy atom. The summed E-state index contributed by atoms with van der Waals surface area (Å²) in [5, 5.41) is 8.90. The Morgan fingerprint density at radius 3 is 2.56 bits per heavy atom. The third-order valence-electron chi connectivity index (χ3n) is 4.19. The SMILES string of the molecule is Cc1ccc(N2CCC(CC#N)C(C)(C)C2)cc1. The van der Waals surface area contributed by atoms with Gasteiger partial charge in [-0.1, -0.05) is 31.5 Å². The van der Waals surface area contributed by atoms with Gasteiger partial charge in [0.25, 0.3) is 0 Å². The molecule has 0 saturated carbocycles. The molecule has 0 radical (unpaired) electrons. The summed E-state index contributed by atoms with van der Waals surface area (Å²) >= 11 is 0. The van der Waals surface area contributed by atoms with Gasteiger partial charge in [-0.05, 0) is 36.8 Å². The largest absolute Gasteiger partial charge is 0.371 e. The van der Waals surface area contributed by atoms with Gasteiger partial charge in [0.05, 0.1) is 6.07 Å². The smallest absolute Gasteiger partial charge is 0.0624 e. The van der Waals surface area contributed by atoms with Crippen LogP contribution in [0.5, 0.6) is 0 Å². The molecule has 2 heteroatoms. The van der Waals surface area contributed by atoms with E-state index in [9.17, 15) is 0 Å². The number of hydrogen-bond donors (Lipinski definition) is 0. The second-order valence-corrected chi connectivity index (χ2v) is 6.09. The van der Waals surface area contributed by atoms with Crippen molar-refractivity contribution in [3.8, 4) is 6.07 Å². The van der Waals surface area contributed by atoms with Gasteiger partial charge in [-0.2, -0.15) is 5.26 Å². The molecule has 0 bridgehead atoms. The van der Waals surface area contributed by atoms with Crippen LogP contribution >= 0.6 is 0 Å². The van der Waals surface area contributed by atoms with E-state index in [4.69, 9.17) is 5.26 Å². The Kier molecular flexibility index (Phi) is 3.61. The van der Waals surface area contributed by atoms with Gasteiger partial charge in [0.15, 0.2) is 0 Å². The normalized spacial score (nSPS) is 22.6. The van der Waals surface area contributed by atoms with Gasteiger partial charge in [-0.3, -0.25) is 0 Å². The van der Waals surface area contributed by atoms with Crippen molar-refractivity contribution in [2.75, 3.05) is 18.0 Å². The topological polar surface area (TPSA) is 27.0 Å². The number of nitrogens with zero attached hydrogens (tertiary/aromatic N) is 2. The van der Waals surface area contributed by atoms with Crippen molar-refractivity contribution in [3.05, 3.63) is 29.8 Å².